The summed E-state index contributed by atoms with van der Waals surface area (Å²) in [5.41, 5.74) is 0. The van der Waals surface area contributed by atoms with E-state index in [0.29, 0.717) is 0 Å². The van der Waals surface area contributed by atoms with Crippen LogP contribution in [-0.4, -0.2) is 18.9 Å². The van der Waals surface area contributed by atoms with Gasteiger partial charge in [-0.05, 0) is 6.92 Å². The number of benzene rings is 1. The second-order valence-electron chi connectivity index (χ2n) is 3.74. The standard InChI is InChI=1S/C11H15N2OP/c1-11(8-9-12-13-11)15(14-2)10-6-4-3-5-7-10/h3-7H,8-9H2,1-2H3. The van der Waals surface area contributed by atoms with E-state index < -0.39 is 8.15 Å². The van der Waals surface area contributed by atoms with Crippen molar-refractivity contribution in [2.45, 2.75) is 18.6 Å². The number of nitrogens with zero attached hydrogens (tertiary/aromatic N) is 2. The summed E-state index contributed by atoms with van der Waals surface area (Å²) < 4.78 is 5.63. The zero-order valence-corrected chi connectivity index (χ0v) is 9.95. The molecule has 0 radical (unpaired) electrons. The molecular formula is C11H15N2OP. The van der Waals surface area contributed by atoms with E-state index in [-0.39, 0.29) is 5.28 Å². The molecule has 1 aliphatic heterocycles. The van der Waals surface area contributed by atoms with Gasteiger partial charge in [-0.3, -0.25) is 0 Å². The van der Waals surface area contributed by atoms with Gasteiger partial charge in [0.2, 0.25) is 0 Å². The van der Waals surface area contributed by atoms with E-state index >= 15 is 0 Å². The van der Waals surface area contributed by atoms with E-state index in [1.54, 1.807) is 7.11 Å². The largest absolute Gasteiger partial charge is 0.355 e. The maximum absolute atomic E-state index is 5.63. The second kappa shape index (κ2) is 4.38. The highest BCUT2D eigenvalue weighted by Gasteiger charge is 2.38. The van der Waals surface area contributed by atoms with E-state index in [2.05, 4.69) is 29.3 Å². The molecule has 0 aliphatic carbocycles. The smallest absolute Gasteiger partial charge is 0.128 e. The Bertz CT molecular complexity index is 355. The summed E-state index contributed by atoms with van der Waals surface area (Å²) >= 11 is 0. The third-order valence-corrected chi connectivity index (χ3v) is 4.90. The summed E-state index contributed by atoms with van der Waals surface area (Å²) in [6.45, 7) is 2.96. The molecule has 2 rings (SSSR count). The van der Waals surface area contributed by atoms with Gasteiger partial charge in [0.15, 0.2) is 0 Å². The number of azo groups is 1. The molecule has 0 aromatic heterocycles. The van der Waals surface area contributed by atoms with Crippen molar-refractivity contribution >= 4 is 13.5 Å². The predicted molar refractivity (Wildman–Crippen MR) is 62.8 cm³/mol. The molecule has 15 heavy (non-hydrogen) atoms. The van der Waals surface area contributed by atoms with Crippen molar-refractivity contribution in [3.8, 4) is 0 Å². The molecule has 0 saturated heterocycles. The average molecular weight is 222 g/mol. The van der Waals surface area contributed by atoms with Crippen LogP contribution in [0.3, 0.4) is 0 Å². The third kappa shape index (κ3) is 2.09. The van der Waals surface area contributed by atoms with Crippen LogP contribution in [0, 0.1) is 0 Å². The van der Waals surface area contributed by atoms with Crippen molar-refractivity contribution in [3.05, 3.63) is 30.3 Å². The van der Waals surface area contributed by atoms with E-state index in [1.807, 2.05) is 18.2 Å². The minimum absolute atomic E-state index is 0.133. The van der Waals surface area contributed by atoms with Crippen molar-refractivity contribution in [1.29, 1.82) is 0 Å². The van der Waals surface area contributed by atoms with Crippen LogP contribution < -0.4 is 5.30 Å². The van der Waals surface area contributed by atoms with E-state index in [0.717, 1.165) is 13.0 Å². The molecule has 4 heteroatoms. The molecule has 1 aliphatic rings. The topological polar surface area (TPSA) is 34.0 Å². The first kappa shape index (κ1) is 10.7. The molecule has 1 aromatic rings. The first-order valence-corrected chi connectivity index (χ1v) is 6.30. The van der Waals surface area contributed by atoms with Crippen LogP contribution >= 0.6 is 8.15 Å². The monoisotopic (exact) mass is 222 g/mol. The van der Waals surface area contributed by atoms with Gasteiger partial charge in [0.25, 0.3) is 0 Å². The molecule has 1 aromatic carbocycles. The van der Waals surface area contributed by atoms with Crippen molar-refractivity contribution in [2.75, 3.05) is 13.7 Å². The molecule has 0 amide bonds. The fraction of sp³-hybridized carbons (Fsp3) is 0.455. The fourth-order valence-electron chi connectivity index (χ4n) is 1.80. The number of rotatable bonds is 3. The Balaban J connectivity index is 2.28. The Morgan fingerprint density at radius 1 is 1.33 bits per heavy atom. The van der Waals surface area contributed by atoms with Crippen LogP contribution in [0.2, 0.25) is 0 Å². The van der Waals surface area contributed by atoms with Gasteiger partial charge < -0.3 is 4.52 Å². The zero-order valence-electron chi connectivity index (χ0n) is 9.05. The van der Waals surface area contributed by atoms with Crippen LogP contribution in [-0.2, 0) is 4.52 Å². The Morgan fingerprint density at radius 2 is 2.07 bits per heavy atom. The van der Waals surface area contributed by atoms with E-state index in [9.17, 15) is 0 Å². The first-order valence-electron chi connectivity index (χ1n) is 5.04. The van der Waals surface area contributed by atoms with Gasteiger partial charge >= 0.3 is 0 Å². The lowest BCUT2D eigenvalue weighted by molar-refractivity contribution is 0.440. The summed E-state index contributed by atoms with van der Waals surface area (Å²) in [4.78, 5) is 0. The highest BCUT2D eigenvalue weighted by molar-refractivity contribution is 7.62. The number of hydrogen-bond donors (Lipinski definition) is 0. The molecular weight excluding hydrogens is 207 g/mol. The Hall–Kier alpha value is -0.790. The maximum Gasteiger partial charge on any atom is 0.128 e. The highest BCUT2D eigenvalue weighted by Crippen LogP contribution is 2.53. The summed E-state index contributed by atoms with van der Waals surface area (Å²) in [5, 5.41) is 9.54. The summed E-state index contributed by atoms with van der Waals surface area (Å²) in [6.07, 6.45) is 0.988. The molecule has 0 spiro atoms. The Kier molecular flexibility index (Phi) is 3.13. The van der Waals surface area contributed by atoms with Crippen LogP contribution in [0.25, 0.3) is 0 Å². The lowest BCUT2D eigenvalue weighted by atomic mass is 10.3. The van der Waals surface area contributed by atoms with E-state index in [1.165, 1.54) is 5.30 Å². The lowest BCUT2D eigenvalue weighted by Gasteiger charge is -2.28. The molecule has 2 atom stereocenters. The molecule has 0 saturated carbocycles. The maximum atomic E-state index is 5.63. The summed E-state index contributed by atoms with van der Waals surface area (Å²) in [7, 11) is 1.06. The lowest BCUT2D eigenvalue weighted by Crippen LogP contribution is -2.23. The molecule has 3 nitrogen and oxygen atoms in total. The quantitative estimate of drug-likeness (QED) is 0.724. The minimum atomic E-state index is -0.697. The van der Waals surface area contributed by atoms with Crippen LogP contribution in [0.5, 0.6) is 0 Å². The van der Waals surface area contributed by atoms with Gasteiger partial charge in [-0.1, -0.05) is 30.3 Å². The molecule has 80 valence electrons. The Labute approximate surface area is 91.4 Å². The normalized spacial score (nSPS) is 26.8. The second-order valence-corrected chi connectivity index (χ2v) is 6.18. The minimum Gasteiger partial charge on any atom is -0.355 e. The van der Waals surface area contributed by atoms with Gasteiger partial charge in [0, 0.05) is 18.8 Å². The fourth-order valence-corrected chi connectivity index (χ4v) is 3.85. The first-order chi connectivity index (χ1) is 7.26. The van der Waals surface area contributed by atoms with Crippen molar-refractivity contribution < 1.29 is 4.52 Å². The number of hydrogen-bond acceptors (Lipinski definition) is 3. The van der Waals surface area contributed by atoms with Crippen LogP contribution in [0.1, 0.15) is 13.3 Å². The molecule has 0 N–H and O–H groups in total. The molecule has 0 bridgehead atoms. The summed E-state index contributed by atoms with van der Waals surface area (Å²) in [5.74, 6) is 0. The molecule has 0 fully saturated rings. The molecule has 2 unspecified atom stereocenters. The zero-order chi connectivity index (χ0) is 10.7. The Morgan fingerprint density at radius 3 is 2.60 bits per heavy atom. The molecule has 1 heterocycles. The van der Waals surface area contributed by atoms with Crippen molar-refractivity contribution in [3.63, 3.8) is 0 Å². The van der Waals surface area contributed by atoms with Gasteiger partial charge in [-0.15, -0.1) is 0 Å². The van der Waals surface area contributed by atoms with Gasteiger partial charge in [-0.2, -0.15) is 10.2 Å². The van der Waals surface area contributed by atoms with Gasteiger partial charge in [0.05, 0.1) is 14.7 Å². The van der Waals surface area contributed by atoms with Crippen molar-refractivity contribution in [2.24, 2.45) is 10.2 Å². The highest BCUT2D eigenvalue weighted by atomic mass is 31.1. The summed E-state index contributed by atoms with van der Waals surface area (Å²) in [6, 6.07) is 10.3. The van der Waals surface area contributed by atoms with Crippen LogP contribution in [0.15, 0.2) is 40.6 Å². The van der Waals surface area contributed by atoms with Gasteiger partial charge in [0.1, 0.15) is 5.28 Å². The predicted octanol–water partition coefficient (Wildman–Crippen LogP) is 2.93. The van der Waals surface area contributed by atoms with Crippen LogP contribution in [0.4, 0.5) is 0 Å². The SMILES string of the molecule is COP(c1ccccc1)C1(C)CCN=N1. The third-order valence-electron chi connectivity index (χ3n) is 2.58. The van der Waals surface area contributed by atoms with E-state index in [4.69, 9.17) is 4.52 Å². The van der Waals surface area contributed by atoms with Crippen molar-refractivity contribution in [1.82, 2.24) is 0 Å². The van der Waals surface area contributed by atoms with Gasteiger partial charge in [-0.25, -0.2) is 0 Å². The average Bonchev–Trinajstić information content (AvgIpc) is 2.68.